The minimum absolute atomic E-state index is 0.0252. The zero-order chi connectivity index (χ0) is 20.7. The van der Waals surface area contributed by atoms with Crippen molar-refractivity contribution >= 4 is 15.5 Å². The highest BCUT2D eigenvalue weighted by molar-refractivity contribution is 7.91. The standard InChI is InChI=1S/C22H36FNO3S/c1-17(2)28(25,26)15-9-7-5-6-8-10-20-11-13-21(14-12-20)24-16-18(3)27-19(4)22(24)23/h11-14,17-19,22H,5-10,15-16H2,1-4H3/t18?,19-,22?/m1/s1. The molecule has 1 aromatic rings. The highest BCUT2D eigenvalue weighted by Gasteiger charge is 2.32. The Balaban J connectivity index is 1.69. The van der Waals surface area contributed by atoms with Gasteiger partial charge in [0, 0.05) is 12.2 Å². The fourth-order valence-electron chi connectivity index (χ4n) is 3.61. The second-order valence-electron chi connectivity index (χ2n) is 8.28. The lowest BCUT2D eigenvalue weighted by atomic mass is 10.0. The molecule has 0 saturated carbocycles. The second-order valence-corrected chi connectivity index (χ2v) is 11.0. The van der Waals surface area contributed by atoms with E-state index in [-0.39, 0.29) is 11.4 Å². The van der Waals surface area contributed by atoms with E-state index in [1.165, 1.54) is 5.56 Å². The summed E-state index contributed by atoms with van der Waals surface area (Å²) in [5.41, 5.74) is 2.17. The number of sulfone groups is 1. The molecule has 1 fully saturated rings. The summed E-state index contributed by atoms with van der Waals surface area (Å²) in [6, 6.07) is 8.18. The van der Waals surface area contributed by atoms with Crippen LogP contribution in [0.4, 0.5) is 10.1 Å². The highest BCUT2D eigenvalue weighted by Crippen LogP contribution is 2.26. The van der Waals surface area contributed by atoms with Crippen LogP contribution in [0.25, 0.3) is 0 Å². The van der Waals surface area contributed by atoms with Crippen LogP contribution in [-0.2, 0) is 21.0 Å². The molecule has 0 N–H and O–H groups in total. The number of aryl methyl sites for hydroxylation is 1. The minimum atomic E-state index is -2.90. The number of anilines is 1. The first-order valence-electron chi connectivity index (χ1n) is 10.6. The lowest BCUT2D eigenvalue weighted by molar-refractivity contribution is -0.0614. The quantitative estimate of drug-likeness (QED) is 0.404. The first-order valence-corrected chi connectivity index (χ1v) is 12.3. The molecule has 0 aromatic heterocycles. The fourth-order valence-corrected chi connectivity index (χ4v) is 4.68. The SMILES string of the molecule is CC1CN(c2ccc(CCCCCCCS(=O)(=O)C(C)C)cc2)C(F)[C@@H](C)O1. The zero-order valence-electron chi connectivity index (χ0n) is 17.7. The Labute approximate surface area is 170 Å². The average molecular weight is 414 g/mol. The van der Waals surface area contributed by atoms with E-state index in [9.17, 15) is 12.8 Å². The van der Waals surface area contributed by atoms with Crippen molar-refractivity contribution in [3.8, 4) is 0 Å². The van der Waals surface area contributed by atoms with Crippen LogP contribution in [0.15, 0.2) is 24.3 Å². The zero-order valence-corrected chi connectivity index (χ0v) is 18.6. The van der Waals surface area contributed by atoms with Crippen molar-refractivity contribution in [1.29, 1.82) is 0 Å². The van der Waals surface area contributed by atoms with Crippen molar-refractivity contribution in [2.75, 3.05) is 17.2 Å². The maximum atomic E-state index is 14.4. The summed E-state index contributed by atoms with van der Waals surface area (Å²) in [7, 11) is -2.90. The minimum Gasteiger partial charge on any atom is -0.369 e. The van der Waals surface area contributed by atoms with Gasteiger partial charge in [-0.3, -0.25) is 0 Å². The van der Waals surface area contributed by atoms with Crippen LogP contribution >= 0.6 is 0 Å². The number of hydrogen-bond acceptors (Lipinski definition) is 4. The number of benzene rings is 1. The number of hydrogen-bond donors (Lipinski definition) is 0. The van der Waals surface area contributed by atoms with Gasteiger partial charge < -0.3 is 9.64 Å². The van der Waals surface area contributed by atoms with E-state index >= 15 is 0 Å². The third-order valence-electron chi connectivity index (χ3n) is 5.47. The lowest BCUT2D eigenvalue weighted by Crippen LogP contribution is -2.51. The molecule has 0 spiro atoms. The van der Waals surface area contributed by atoms with Crippen LogP contribution in [0.2, 0.25) is 0 Å². The van der Waals surface area contributed by atoms with Crippen LogP contribution in [0.1, 0.15) is 65.4 Å². The van der Waals surface area contributed by atoms with Crippen LogP contribution in [0.5, 0.6) is 0 Å². The molecule has 4 nitrogen and oxygen atoms in total. The van der Waals surface area contributed by atoms with E-state index in [1.807, 2.05) is 19.1 Å². The van der Waals surface area contributed by atoms with Gasteiger partial charge in [0.2, 0.25) is 0 Å². The van der Waals surface area contributed by atoms with Crippen LogP contribution < -0.4 is 4.90 Å². The molecule has 1 saturated heterocycles. The maximum absolute atomic E-state index is 14.4. The third-order valence-corrected chi connectivity index (χ3v) is 7.76. The normalized spacial score (nSPS) is 23.4. The molecular weight excluding hydrogens is 377 g/mol. The van der Waals surface area contributed by atoms with Crippen LogP contribution in [-0.4, -0.2) is 44.5 Å². The van der Waals surface area contributed by atoms with E-state index in [1.54, 1.807) is 25.7 Å². The van der Waals surface area contributed by atoms with Crippen molar-refractivity contribution in [2.24, 2.45) is 0 Å². The Morgan fingerprint density at radius 1 is 1.07 bits per heavy atom. The molecule has 3 atom stereocenters. The molecule has 0 bridgehead atoms. The summed E-state index contributed by atoms with van der Waals surface area (Å²) < 4.78 is 43.5. The van der Waals surface area contributed by atoms with Crippen molar-refractivity contribution < 1.29 is 17.5 Å². The Hall–Kier alpha value is -1.14. The van der Waals surface area contributed by atoms with Gasteiger partial charge in [0.1, 0.15) is 6.10 Å². The Morgan fingerprint density at radius 2 is 1.68 bits per heavy atom. The third kappa shape index (κ3) is 6.73. The van der Waals surface area contributed by atoms with Gasteiger partial charge in [0.15, 0.2) is 16.1 Å². The number of ether oxygens (including phenoxy) is 1. The van der Waals surface area contributed by atoms with Crippen molar-refractivity contribution in [1.82, 2.24) is 0 Å². The Bertz CT molecular complexity index is 690. The van der Waals surface area contributed by atoms with E-state index in [2.05, 4.69) is 12.1 Å². The number of rotatable bonds is 10. The predicted octanol–water partition coefficient (Wildman–Crippen LogP) is 4.91. The smallest absolute Gasteiger partial charge is 0.198 e. The molecule has 160 valence electrons. The summed E-state index contributed by atoms with van der Waals surface area (Å²) >= 11 is 0. The van der Waals surface area contributed by atoms with E-state index in [0.717, 1.165) is 44.2 Å². The molecule has 28 heavy (non-hydrogen) atoms. The maximum Gasteiger partial charge on any atom is 0.198 e. The molecule has 0 radical (unpaired) electrons. The average Bonchev–Trinajstić information content (AvgIpc) is 2.64. The molecule has 2 rings (SSSR count). The monoisotopic (exact) mass is 413 g/mol. The first kappa shape index (κ1) is 23.1. The number of alkyl halides is 1. The largest absolute Gasteiger partial charge is 0.369 e. The molecule has 2 unspecified atom stereocenters. The molecule has 1 aliphatic heterocycles. The molecular formula is C22H36FNO3S. The van der Waals surface area contributed by atoms with Crippen molar-refractivity contribution in [2.45, 2.75) is 90.0 Å². The highest BCUT2D eigenvalue weighted by atomic mass is 32.2. The van der Waals surface area contributed by atoms with Crippen molar-refractivity contribution in [3.05, 3.63) is 29.8 Å². The molecule has 6 heteroatoms. The summed E-state index contributed by atoms with van der Waals surface area (Å²) in [6.07, 6.45) is 4.49. The van der Waals surface area contributed by atoms with Gasteiger partial charge in [0.05, 0.1) is 17.1 Å². The topological polar surface area (TPSA) is 46.6 Å². The first-order chi connectivity index (χ1) is 13.2. The lowest BCUT2D eigenvalue weighted by Gasteiger charge is -2.39. The van der Waals surface area contributed by atoms with Gasteiger partial charge in [-0.05, 0) is 64.7 Å². The number of halogens is 1. The summed E-state index contributed by atoms with van der Waals surface area (Å²) in [5, 5.41) is -0.271. The molecule has 0 aliphatic carbocycles. The fraction of sp³-hybridized carbons (Fsp3) is 0.727. The number of nitrogens with zero attached hydrogens (tertiary/aromatic N) is 1. The second kappa shape index (κ2) is 10.6. The van der Waals surface area contributed by atoms with E-state index in [4.69, 9.17) is 4.74 Å². The Morgan fingerprint density at radius 3 is 2.32 bits per heavy atom. The predicted molar refractivity (Wildman–Crippen MR) is 114 cm³/mol. The molecule has 1 heterocycles. The van der Waals surface area contributed by atoms with E-state index in [0.29, 0.717) is 12.3 Å². The number of unbranched alkanes of at least 4 members (excludes halogenated alkanes) is 4. The Kier molecular flexibility index (Phi) is 8.75. The molecule has 1 aliphatic rings. The van der Waals surface area contributed by atoms with Crippen LogP contribution in [0, 0.1) is 0 Å². The van der Waals surface area contributed by atoms with Gasteiger partial charge in [0.25, 0.3) is 0 Å². The van der Waals surface area contributed by atoms with Gasteiger partial charge in [-0.1, -0.05) is 31.4 Å². The summed E-state index contributed by atoms with van der Waals surface area (Å²) in [4.78, 5) is 1.79. The molecule has 0 amide bonds. The summed E-state index contributed by atoms with van der Waals surface area (Å²) in [5.74, 6) is 0.306. The van der Waals surface area contributed by atoms with Gasteiger partial charge in [-0.25, -0.2) is 12.8 Å². The van der Waals surface area contributed by atoms with Gasteiger partial charge in [-0.2, -0.15) is 0 Å². The van der Waals surface area contributed by atoms with Crippen LogP contribution in [0.3, 0.4) is 0 Å². The summed E-state index contributed by atoms with van der Waals surface area (Å²) in [6.45, 7) is 7.81. The van der Waals surface area contributed by atoms with E-state index < -0.39 is 22.2 Å². The van der Waals surface area contributed by atoms with Crippen molar-refractivity contribution in [3.63, 3.8) is 0 Å². The van der Waals surface area contributed by atoms with Gasteiger partial charge in [-0.15, -0.1) is 0 Å². The van der Waals surface area contributed by atoms with Gasteiger partial charge >= 0.3 is 0 Å². The number of morpholine rings is 1. The molecule has 1 aromatic carbocycles.